The van der Waals surface area contributed by atoms with Gasteiger partial charge in [-0.15, -0.1) is 11.3 Å². The summed E-state index contributed by atoms with van der Waals surface area (Å²) in [6.45, 7) is 4.81. The number of rotatable bonds is 3. The van der Waals surface area contributed by atoms with Gasteiger partial charge in [0, 0.05) is 29.2 Å². The van der Waals surface area contributed by atoms with Gasteiger partial charge in [0.2, 0.25) is 0 Å². The Kier molecular flexibility index (Phi) is 4.64. The van der Waals surface area contributed by atoms with E-state index in [0.717, 1.165) is 39.7 Å². The number of thiophene rings is 1. The lowest BCUT2D eigenvalue weighted by molar-refractivity contribution is 0.123. The van der Waals surface area contributed by atoms with Crippen molar-refractivity contribution in [3.05, 3.63) is 40.7 Å². The van der Waals surface area contributed by atoms with E-state index in [0.29, 0.717) is 29.6 Å². The van der Waals surface area contributed by atoms with Gasteiger partial charge in [-0.3, -0.25) is 5.10 Å². The van der Waals surface area contributed by atoms with E-state index in [4.69, 9.17) is 16.3 Å². The summed E-state index contributed by atoms with van der Waals surface area (Å²) in [5.74, 6) is 0.637. The van der Waals surface area contributed by atoms with Crippen LogP contribution in [0.3, 0.4) is 0 Å². The van der Waals surface area contributed by atoms with Gasteiger partial charge in [0.15, 0.2) is 5.82 Å². The highest BCUT2D eigenvalue weighted by Crippen LogP contribution is 2.48. The van der Waals surface area contributed by atoms with Gasteiger partial charge in [-0.25, -0.2) is 4.98 Å². The van der Waals surface area contributed by atoms with E-state index < -0.39 is 0 Å². The number of nitriles is 1. The number of aromatic amines is 1. The molecule has 0 radical (unpaired) electrons. The number of aromatic nitrogens is 3. The number of benzene rings is 1. The molecule has 1 fully saturated rings. The average molecular weight is 386 g/mol. The minimum absolute atomic E-state index is 0.619. The molecular weight excluding hydrogens is 370 g/mol. The summed E-state index contributed by atoms with van der Waals surface area (Å²) in [6, 6.07) is 8.26. The number of ether oxygens (including phenoxy) is 1. The molecule has 8 heteroatoms. The van der Waals surface area contributed by atoms with Gasteiger partial charge in [0.1, 0.15) is 17.4 Å². The highest BCUT2D eigenvalue weighted by molar-refractivity contribution is 7.20. The van der Waals surface area contributed by atoms with Crippen LogP contribution in [0, 0.1) is 18.3 Å². The normalized spacial score (nSPS) is 14.4. The molecule has 0 spiro atoms. The quantitative estimate of drug-likeness (QED) is 0.740. The summed E-state index contributed by atoms with van der Waals surface area (Å²) < 4.78 is 5.45. The van der Waals surface area contributed by atoms with E-state index in [-0.39, 0.29) is 0 Å². The van der Waals surface area contributed by atoms with E-state index in [1.165, 1.54) is 17.7 Å². The van der Waals surface area contributed by atoms with Gasteiger partial charge in [-0.2, -0.15) is 10.4 Å². The van der Waals surface area contributed by atoms with Gasteiger partial charge < -0.3 is 9.64 Å². The van der Waals surface area contributed by atoms with Gasteiger partial charge in [0.05, 0.1) is 23.7 Å². The molecule has 26 heavy (non-hydrogen) atoms. The molecule has 1 saturated heterocycles. The number of morpholine rings is 1. The monoisotopic (exact) mass is 385 g/mol. The van der Waals surface area contributed by atoms with E-state index in [1.54, 1.807) is 0 Å². The van der Waals surface area contributed by atoms with Crippen molar-refractivity contribution in [3.8, 4) is 27.9 Å². The lowest BCUT2D eigenvalue weighted by Crippen LogP contribution is -2.36. The van der Waals surface area contributed by atoms with Crippen LogP contribution in [-0.2, 0) is 4.74 Å². The molecular formula is C18H16ClN5OS. The fourth-order valence-corrected chi connectivity index (χ4v) is 4.67. The number of nitrogens with one attached hydrogen (secondary N) is 1. The van der Waals surface area contributed by atoms with E-state index in [1.807, 2.05) is 25.1 Å². The number of halogens is 1. The summed E-state index contributed by atoms with van der Waals surface area (Å²) in [5.41, 5.74) is 3.33. The molecule has 6 nitrogen and oxygen atoms in total. The Morgan fingerprint density at radius 3 is 2.81 bits per heavy atom. The van der Waals surface area contributed by atoms with Crippen LogP contribution in [0.1, 0.15) is 11.1 Å². The number of H-pyrrole nitrogens is 1. The molecule has 0 amide bonds. The van der Waals surface area contributed by atoms with Crippen LogP contribution in [-0.4, -0.2) is 41.5 Å². The molecule has 1 aromatic carbocycles. The fourth-order valence-electron chi connectivity index (χ4n) is 3.07. The van der Waals surface area contributed by atoms with E-state index in [2.05, 4.69) is 26.2 Å². The molecule has 1 N–H and O–H groups in total. The van der Waals surface area contributed by atoms with E-state index >= 15 is 0 Å². The smallest absolute Gasteiger partial charge is 0.166 e. The van der Waals surface area contributed by atoms with E-state index in [9.17, 15) is 5.26 Å². The van der Waals surface area contributed by atoms with Crippen molar-refractivity contribution in [1.82, 2.24) is 15.2 Å². The largest absolute Gasteiger partial charge is 0.378 e. The number of hydrogen-bond donors (Lipinski definition) is 1. The molecule has 0 bridgehead atoms. The van der Waals surface area contributed by atoms with Crippen LogP contribution in [0.15, 0.2) is 24.5 Å². The van der Waals surface area contributed by atoms with Crippen molar-refractivity contribution in [2.24, 2.45) is 0 Å². The molecule has 3 aromatic rings. The Bertz CT molecular complexity index is 970. The predicted molar refractivity (Wildman–Crippen MR) is 103 cm³/mol. The topological polar surface area (TPSA) is 77.8 Å². The third-order valence-corrected chi connectivity index (χ3v) is 5.89. The Morgan fingerprint density at radius 1 is 1.35 bits per heavy atom. The third-order valence-electron chi connectivity index (χ3n) is 4.32. The second kappa shape index (κ2) is 7.08. The molecule has 3 heterocycles. The average Bonchev–Trinajstić information content (AvgIpc) is 3.30. The molecule has 0 atom stereocenters. The van der Waals surface area contributed by atoms with Crippen molar-refractivity contribution in [3.63, 3.8) is 0 Å². The van der Waals surface area contributed by atoms with Crippen molar-refractivity contribution < 1.29 is 4.74 Å². The maximum absolute atomic E-state index is 9.96. The number of anilines is 1. The zero-order valence-electron chi connectivity index (χ0n) is 14.1. The highest BCUT2D eigenvalue weighted by atomic mass is 35.5. The zero-order chi connectivity index (χ0) is 18.1. The van der Waals surface area contributed by atoms with Gasteiger partial charge >= 0.3 is 0 Å². The summed E-state index contributed by atoms with van der Waals surface area (Å²) >= 11 is 8.07. The molecule has 132 valence electrons. The van der Waals surface area contributed by atoms with Crippen LogP contribution in [0.2, 0.25) is 5.02 Å². The molecule has 4 rings (SSSR count). The van der Waals surface area contributed by atoms with Gasteiger partial charge in [-0.1, -0.05) is 23.7 Å². The Hall–Kier alpha value is -2.40. The van der Waals surface area contributed by atoms with Gasteiger partial charge in [0.25, 0.3) is 0 Å². The van der Waals surface area contributed by atoms with Crippen molar-refractivity contribution in [1.29, 1.82) is 5.26 Å². The minimum atomic E-state index is 0.619. The fraction of sp³-hybridized carbons (Fsp3) is 0.278. The zero-order valence-corrected chi connectivity index (χ0v) is 15.7. The van der Waals surface area contributed by atoms with Crippen LogP contribution in [0.25, 0.3) is 21.8 Å². The molecule has 0 aliphatic carbocycles. The second-order valence-corrected chi connectivity index (χ2v) is 7.42. The Labute approximate surface area is 160 Å². The summed E-state index contributed by atoms with van der Waals surface area (Å²) in [5, 5.41) is 18.4. The number of hydrogen-bond acceptors (Lipinski definition) is 6. The first-order valence-electron chi connectivity index (χ1n) is 8.21. The molecule has 0 unspecified atom stereocenters. The summed E-state index contributed by atoms with van der Waals surface area (Å²) in [7, 11) is 0. The first-order valence-corrected chi connectivity index (χ1v) is 9.40. The van der Waals surface area contributed by atoms with Gasteiger partial charge in [-0.05, 0) is 18.6 Å². The summed E-state index contributed by atoms with van der Waals surface area (Å²) in [6.07, 6.45) is 1.47. The van der Waals surface area contributed by atoms with Crippen LogP contribution < -0.4 is 4.90 Å². The highest BCUT2D eigenvalue weighted by Gasteiger charge is 2.27. The Balaban J connectivity index is 1.95. The lowest BCUT2D eigenvalue weighted by Gasteiger charge is -2.27. The first kappa shape index (κ1) is 17.0. The maximum atomic E-state index is 9.96. The molecule has 1 aliphatic rings. The molecule has 0 saturated carbocycles. The lowest BCUT2D eigenvalue weighted by atomic mass is 10.00. The first-order chi connectivity index (χ1) is 12.7. The predicted octanol–water partition coefficient (Wildman–Crippen LogP) is 3.87. The minimum Gasteiger partial charge on any atom is -0.378 e. The maximum Gasteiger partial charge on any atom is 0.166 e. The Morgan fingerprint density at radius 2 is 2.15 bits per heavy atom. The molecule has 2 aromatic heterocycles. The van der Waals surface area contributed by atoms with Crippen molar-refractivity contribution >= 4 is 27.9 Å². The third kappa shape index (κ3) is 2.97. The van der Waals surface area contributed by atoms with Crippen molar-refractivity contribution in [2.45, 2.75) is 6.92 Å². The number of nitrogens with zero attached hydrogens (tertiary/aromatic N) is 4. The molecule has 1 aliphatic heterocycles. The SMILES string of the molecule is Cc1ccc(-c2c(-c3ncn[nH]3)sc(N3CCOCC3)c2C#N)c(Cl)c1. The summed E-state index contributed by atoms with van der Waals surface area (Å²) in [4.78, 5) is 7.36. The van der Waals surface area contributed by atoms with Crippen molar-refractivity contribution in [2.75, 3.05) is 31.2 Å². The van der Waals surface area contributed by atoms with Crippen LogP contribution >= 0.6 is 22.9 Å². The van der Waals surface area contributed by atoms with Crippen LogP contribution in [0.4, 0.5) is 5.00 Å². The number of aryl methyl sites for hydroxylation is 1. The second-order valence-electron chi connectivity index (χ2n) is 6.01. The van der Waals surface area contributed by atoms with Crippen LogP contribution in [0.5, 0.6) is 0 Å². The standard InChI is InChI=1S/C18H16ClN5OS/c1-11-2-3-12(14(19)8-11)15-13(9-20)18(24-4-6-25-7-5-24)26-16(15)17-21-10-22-23-17/h2-3,8,10H,4-7H2,1H3,(H,21,22,23).